The van der Waals surface area contributed by atoms with Gasteiger partial charge in [0.15, 0.2) is 0 Å². The van der Waals surface area contributed by atoms with Gasteiger partial charge in [-0.05, 0) is 50.6 Å². The highest BCUT2D eigenvalue weighted by molar-refractivity contribution is 5.90. The van der Waals surface area contributed by atoms with Gasteiger partial charge in [-0.25, -0.2) is 0 Å². The number of rotatable bonds is 6. The van der Waals surface area contributed by atoms with Gasteiger partial charge >= 0.3 is 0 Å². The zero-order chi connectivity index (χ0) is 18.5. The molecule has 0 spiro atoms. The normalized spacial score (nSPS) is 18.2. The first-order valence-electron chi connectivity index (χ1n) is 9.96. The molecule has 0 aliphatic carbocycles. The van der Waals surface area contributed by atoms with Crippen molar-refractivity contribution < 1.29 is 4.79 Å². The third-order valence-electron chi connectivity index (χ3n) is 5.33. The molecule has 4 heterocycles. The van der Waals surface area contributed by atoms with Crippen LogP contribution in [0.1, 0.15) is 37.1 Å². The summed E-state index contributed by atoms with van der Waals surface area (Å²) in [6, 6.07) is 5.94. The fourth-order valence-electron chi connectivity index (χ4n) is 3.95. The third-order valence-corrected chi connectivity index (χ3v) is 5.33. The summed E-state index contributed by atoms with van der Waals surface area (Å²) < 4.78 is 2.17. The first-order valence-corrected chi connectivity index (χ1v) is 9.96. The number of amides is 1. The molecule has 1 fully saturated rings. The smallest absolute Gasteiger partial charge is 0.225 e. The topological polar surface area (TPSA) is 66.3 Å². The van der Waals surface area contributed by atoms with E-state index in [0.29, 0.717) is 6.42 Å². The van der Waals surface area contributed by atoms with Crippen molar-refractivity contribution in [2.24, 2.45) is 0 Å². The van der Waals surface area contributed by atoms with Gasteiger partial charge in [0.1, 0.15) is 0 Å². The highest BCUT2D eigenvalue weighted by Crippen LogP contribution is 2.17. The van der Waals surface area contributed by atoms with Crippen LogP contribution in [-0.4, -0.2) is 56.7 Å². The summed E-state index contributed by atoms with van der Waals surface area (Å²) in [5, 5.41) is 7.73. The number of aryl methyl sites for hydroxylation is 1. The van der Waals surface area contributed by atoms with Crippen molar-refractivity contribution in [1.29, 1.82) is 0 Å². The Morgan fingerprint density at radius 1 is 1.11 bits per heavy atom. The first kappa shape index (κ1) is 18.1. The average Bonchev–Trinajstić information content (AvgIpc) is 3.27. The largest absolute Gasteiger partial charge is 0.325 e. The van der Waals surface area contributed by atoms with E-state index in [2.05, 4.69) is 30.8 Å². The Kier molecular flexibility index (Phi) is 5.79. The van der Waals surface area contributed by atoms with Crippen LogP contribution in [0.25, 0.3) is 0 Å². The van der Waals surface area contributed by atoms with Crippen LogP contribution in [0.4, 0.5) is 5.69 Å². The molecule has 1 N–H and O–H groups in total. The molecule has 0 aromatic carbocycles. The molecular formula is C20H28N6O. The Balaban J connectivity index is 1.30. The molecule has 7 heteroatoms. The third kappa shape index (κ3) is 4.93. The number of carbonyl (C=O) groups is 1. The van der Waals surface area contributed by atoms with Gasteiger partial charge in [-0.15, -0.1) is 0 Å². The minimum absolute atomic E-state index is 0.0375. The second-order valence-corrected chi connectivity index (χ2v) is 7.50. The number of nitrogens with one attached hydrogen (secondary N) is 1. The highest BCUT2D eigenvalue weighted by Gasteiger charge is 2.19. The molecule has 2 aromatic rings. The Morgan fingerprint density at radius 3 is 2.78 bits per heavy atom. The zero-order valence-corrected chi connectivity index (χ0v) is 15.8. The molecule has 0 unspecified atom stereocenters. The molecule has 144 valence electrons. The quantitative estimate of drug-likeness (QED) is 0.846. The van der Waals surface area contributed by atoms with Crippen molar-refractivity contribution in [3.8, 4) is 0 Å². The number of fused-ring (bicyclic) bond motifs is 1. The molecule has 0 bridgehead atoms. The van der Waals surface area contributed by atoms with E-state index in [-0.39, 0.29) is 5.91 Å². The molecule has 27 heavy (non-hydrogen) atoms. The maximum Gasteiger partial charge on any atom is 0.225 e. The van der Waals surface area contributed by atoms with Gasteiger partial charge in [-0.2, -0.15) is 5.10 Å². The van der Waals surface area contributed by atoms with Gasteiger partial charge in [-0.1, -0.05) is 0 Å². The summed E-state index contributed by atoms with van der Waals surface area (Å²) >= 11 is 0. The molecule has 1 amide bonds. The lowest BCUT2D eigenvalue weighted by molar-refractivity contribution is -0.116. The Hall–Kier alpha value is -2.25. The van der Waals surface area contributed by atoms with Crippen LogP contribution in [0.3, 0.4) is 0 Å². The molecule has 2 aliphatic rings. The number of nitrogens with zero attached hydrogens (tertiary/aromatic N) is 5. The molecule has 1 saturated heterocycles. The van der Waals surface area contributed by atoms with Gasteiger partial charge in [0.25, 0.3) is 0 Å². The van der Waals surface area contributed by atoms with E-state index in [4.69, 9.17) is 5.10 Å². The molecule has 0 saturated carbocycles. The lowest BCUT2D eigenvalue weighted by atomic mass is 10.3. The lowest BCUT2D eigenvalue weighted by Gasteiger charge is -2.19. The maximum absolute atomic E-state index is 12.2. The predicted molar refractivity (Wildman–Crippen MR) is 104 cm³/mol. The number of pyridine rings is 1. The molecular weight excluding hydrogens is 340 g/mol. The van der Waals surface area contributed by atoms with Crippen LogP contribution in [0, 0.1) is 0 Å². The number of likely N-dealkylation sites (tertiary alicyclic amines) is 1. The number of hydrogen-bond donors (Lipinski definition) is 1. The van der Waals surface area contributed by atoms with Crippen molar-refractivity contribution in [2.45, 2.75) is 45.3 Å². The minimum atomic E-state index is 0.0375. The van der Waals surface area contributed by atoms with E-state index in [0.717, 1.165) is 44.8 Å². The second kappa shape index (κ2) is 8.63. The second-order valence-electron chi connectivity index (χ2n) is 7.50. The van der Waals surface area contributed by atoms with Crippen molar-refractivity contribution in [3.05, 3.63) is 42.0 Å². The van der Waals surface area contributed by atoms with Gasteiger partial charge < -0.3 is 5.32 Å². The average molecular weight is 368 g/mol. The van der Waals surface area contributed by atoms with Gasteiger partial charge in [0.2, 0.25) is 5.91 Å². The molecule has 7 nitrogen and oxygen atoms in total. The van der Waals surface area contributed by atoms with Crippen molar-refractivity contribution in [1.82, 2.24) is 24.6 Å². The van der Waals surface area contributed by atoms with E-state index in [9.17, 15) is 4.79 Å². The summed E-state index contributed by atoms with van der Waals surface area (Å²) in [5.41, 5.74) is 3.21. The Morgan fingerprint density at radius 2 is 1.96 bits per heavy atom. The fourth-order valence-corrected chi connectivity index (χ4v) is 3.95. The summed E-state index contributed by atoms with van der Waals surface area (Å²) in [7, 11) is 0. The number of carbonyl (C=O) groups excluding carboxylic acids is 1. The highest BCUT2D eigenvalue weighted by atomic mass is 16.1. The summed E-state index contributed by atoms with van der Waals surface area (Å²) in [6.45, 7) is 6.96. The van der Waals surface area contributed by atoms with Crippen molar-refractivity contribution in [2.75, 3.05) is 31.5 Å². The number of anilines is 1. The van der Waals surface area contributed by atoms with Gasteiger partial charge in [0.05, 0.1) is 23.3 Å². The van der Waals surface area contributed by atoms with Crippen molar-refractivity contribution >= 4 is 11.6 Å². The Labute approximate surface area is 160 Å². The maximum atomic E-state index is 12.2. The van der Waals surface area contributed by atoms with E-state index < -0.39 is 0 Å². The Bertz CT molecular complexity index is 753. The fraction of sp³-hybridized carbons (Fsp3) is 0.550. The van der Waals surface area contributed by atoms with Crippen LogP contribution in [-0.2, 0) is 24.4 Å². The first-order chi connectivity index (χ1) is 13.3. The zero-order valence-electron chi connectivity index (χ0n) is 15.8. The predicted octanol–water partition coefficient (Wildman–Crippen LogP) is 2.11. The standard InChI is InChI=1S/C20H28N6O/c27-20(22-17-5-3-7-21-14-17)6-12-25-10-4-11-26-19(16-25)13-18(23-26)15-24-8-1-2-9-24/h3,5,7,13-14H,1-2,4,6,8-12,15-16H2,(H,22,27). The lowest BCUT2D eigenvalue weighted by Crippen LogP contribution is -2.27. The van der Waals surface area contributed by atoms with E-state index in [1.165, 1.54) is 37.3 Å². The molecule has 0 radical (unpaired) electrons. The molecule has 4 rings (SSSR count). The molecule has 2 aliphatic heterocycles. The molecule has 2 aromatic heterocycles. The van der Waals surface area contributed by atoms with Gasteiger partial charge in [0, 0.05) is 45.3 Å². The molecule has 0 atom stereocenters. The van der Waals surface area contributed by atoms with Crippen LogP contribution >= 0.6 is 0 Å². The number of hydrogen-bond acceptors (Lipinski definition) is 5. The monoisotopic (exact) mass is 368 g/mol. The van der Waals surface area contributed by atoms with Crippen LogP contribution in [0.15, 0.2) is 30.6 Å². The minimum Gasteiger partial charge on any atom is -0.325 e. The summed E-state index contributed by atoms with van der Waals surface area (Å²) in [6.07, 6.45) is 7.55. The van der Waals surface area contributed by atoms with Crippen LogP contribution in [0.2, 0.25) is 0 Å². The van der Waals surface area contributed by atoms with E-state index in [1.807, 2.05) is 12.1 Å². The summed E-state index contributed by atoms with van der Waals surface area (Å²) in [4.78, 5) is 21.1. The van der Waals surface area contributed by atoms with Crippen molar-refractivity contribution in [3.63, 3.8) is 0 Å². The van der Waals surface area contributed by atoms with E-state index in [1.54, 1.807) is 12.4 Å². The van der Waals surface area contributed by atoms with Crippen LogP contribution < -0.4 is 5.32 Å². The van der Waals surface area contributed by atoms with Gasteiger partial charge in [-0.3, -0.25) is 24.3 Å². The SMILES string of the molecule is O=C(CCN1CCCn2nc(CN3CCCC3)cc2C1)Nc1cccnc1. The summed E-state index contributed by atoms with van der Waals surface area (Å²) in [5.74, 6) is 0.0375. The number of aromatic nitrogens is 3. The van der Waals surface area contributed by atoms with Crippen LogP contribution in [0.5, 0.6) is 0 Å². The van der Waals surface area contributed by atoms with E-state index >= 15 is 0 Å².